The maximum atomic E-state index is 13.1. The molecule has 0 fully saturated rings. The number of carbonyl (C=O) groups is 1. The van der Waals surface area contributed by atoms with Gasteiger partial charge < -0.3 is 4.74 Å². The van der Waals surface area contributed by atoms with Gasteiger partial charge in [0.1, 0.15) is 11.6 Å². The minimum absolute atomic E-state index is 0.0148. The number of carbonyl (C=O) groups excluding carboxylic acids is 1. The van der Waals surface area contributed by atoms with E-state index in [1.165, 1.54) is 10.9 Å². The van der Waals surface area contributed by atoms with Crippen LogP contribution >= 0.6 is 0 Å². The highest BCUT2D eigenvalue weighted by molar-refractivity contribution is 5.93. The third-order valence-corrected chi connectivity index (χ3v) is 5.02. The van der Waals surface area contributed by atoms with E-state index in [9.17, 15) is 9.59 Å². The van der Waals surface area contributed by atoms with Crippen LogP contribution in [0.3, 0.4) is 0 Å². The van der Waals surface area contributed by atoms with E-state index in [-0.39, 0.29) is 11.5 Å². The first kappa shape index (κ1) is 21.2. The summed E-state index contributed by atoms with van der Waals surface area (Å²) in [5.41, 5.74) is 2.48. The molecule has 32 heavy (non-hydrogen) atoms. The van der Waals surface area contributed by atoms with Crippen molar-refractivity contribution in [3.8, 4) is 5.75 Å². The predicted molar refractivity (Wildman–Crippen MR) is 126 cm³/mol. The maximum absolute atomic E-state index is 13.1. The number of aryl methyl sites for hydroxylation is 1. The summed E-state index contributed by atoms with van der Waals surface area (Å²) in [6, 6.07) is 21.4. The maximum Gasteiger partial charge on any atom is 0.343 e. The van der Waals surface area contributed by atoms with Gasteiger partial charge in [-0.2, -0.15) is 9.78 Å². The molecule has 0 atom stereocenters. The van der Waals surface area contributed by atoms with Gasteiger partial charge in [-0.25, -0.2) is 9.78 Å². The quantitative estimate of drug-likeness (QED) is 0.258. The predicted octanol–water partition coefficient (Wildman–Crippen LogP) is 4.93. The number of aromatic nitrogens is 2. The molecular formula is C26H23N3O3. The lowest BCUT2D eigenvalue weighted by Gasteiger charge is -2.12. The fourth-order valence-corrected chi connectivity index (χ4v) is 3.27. The summed E-state index contributed by atoms with van der Waals surface area (Å²) in [5.74, 6) is 0.436. The summed E-state index contributed by atoms with van der Waals surface area (Å²) < 4.78 is 6.92. The van der Waals surface area contributed by atoms with Crippen molar-refractivity contribution in [2.24, 2.45) is 5.10 Å². The highest BCUT2D eigenvalue weighted by Gasteiger charge is 2.14. The number of esters is 1. The van der Waals surface area contributed by atoms with Crippen LogP contribution in [-0.4, -0.2) is 21.8 Å². The van der Waals surface area contributed by atoms with Crippen molar-refractivity contribution >= 4 is 23.1 Å². The minimum Gasteiger partial charge on any atom is -0.422 e. The summed E-state index contributed by atoms with van der Waals surface area (Å²) in [6.07, 6.45) is 1.52. The molecule has 1 aromatic heterocycles. The van der Waals surface area contributed by atoms with Crippen LogP contribution in [0, 0.1) is 6.92 Å². The first-order valence-corrected chi connectivity index (χ1v) is 10.4. The summed E-state index contributed by atoms with van der Waals surface area (Å²) >= 11 is 0. The average Bonchev–Trinajstić information content (AvgIpc) is 2.79. The zero-order valence-electron chi connectivity index (χ0n) is 18.1. The van der Waals surface area contributed by atoms with Crippen molar-refractivity contribution in [1.29, 1.82) is 0 Å². The Morgan fingerprint density at radius 1 is 1.00 bits per heavy atom. The average molecular weight is 425 g/mol. The topological polar surface area (TPSA) is 73.5 Å². The van der Waals surface area contributed by atoms with E-state index in [1.807, 2.05) is 51.1 Å². The van der Waals surface area contributed by atoms with Gasteiger partial charge in [-0.05, 0) is 43.3 Å². The van der Waals surface area contributed by atoms with E-state index in [1.54, 1.807) is 42.5 Å². The Bertz CT molecular complexity index is 1370. The second-order valence-electron chi connectivity index (χ2n) is 7.80. The van der Waals surface area contributed by atoms with Crippen molar-refractivity contribution in [1.82, 2.24) is 9.66 Å². The van der Waals surface area contributed by atoms with E-state index in [4.69, 9.17) is 4.74 Å². The lowest BCUT2D eigenvalue weighted by Crippen LogP contribution is -2.23. The van der Waals surface area contributed by atoms with Crippen molar-refractivity contribution in [2.75, 3.05) is 0 Å². The molecule has 0 aliphatic carbocycles. The molecule has 0 spiro atoms. The van der Waals surface area contributed by atoms with E-state index < -0.39 is 5.97 Å². The molecule has 4 rings (SSSR count). The Kier molecular flexibility index (Phi) is 5.94. The Morgan fingerprint density at radius 3 is 2.44 bits per heavy atom. The van der Waals surface area contributed by atoms with Gasteiger partial charge in [0, 0.05) is 11.5 Å². The van der Waals surface area contributed by atoms with Crippen LogP contribution in [0.25, 0.3) is 10.9 Å². The molecule has 3 aromatic carbocycles. The van der Waals surface area contributed by atoms with Crippen LogP contribution in [0.4, 0.5) is 0 Å². The molecule has 0 radical (unpaired) electrons. The Labute approximate surface area is 185 Å². The van der Waals surface area contributed by atoms with Gasteiger partial charge in [-0.1, -0.05) is 55.8 Å². The van der Waals surface area contributed by atoms with Crippen molar-refractivity contribution in [3.05, 3.63) is 106 Å². The van der Waals surface area contributed by atoms with E-state index in [0.717, 1.165) is 5.56 Å². The monoisotopic (exact) mass is 425 g/mol. The number of hydrogen-bond donors (Lipinski definition) is 0. The molecule has 0 aliphatic rings. The Balaban J connectivity index is 1.70. The number of para-hydroxylation sites is 2. The number of hydrogen-bond acceptors (Lipinski definition) is 5. The number of rotatable bonds is 5. The molecule has 0 amide bonds. The fraction of sp³-hybridized carbons (Fsp3) is 0.154. The summed E-state index contributed by atoms with van der Waals surface area (Å²) in [5, 5.41) is 4.92. The largest absolute Gasteiger partial charge is 0.422 e. The number of ether oxygens (including phenoxy) is 1. The first-order valence-electron chi connectivity index (χ1n) is 10.4. The van der Waals surface area contributed by atoms with Crippen LogP contribution in [0.2, 0.25) is 0 Å². The van der Waals surface area contributed by atoms with Gasteiger partial charge in [-0.15, -0.1) is 0 Å². The molecule has 6 nitrogen and oxygen atoms in total. The van der Waals surface area contributed by atoms with Crippen LogP contribution in [-0.2, 0) is 0 Å². The molecule has 0 aliphatic heterocycles. The minimum atomic E-state index is -0.460. The van der Waals surface area contributed by atoms with Crippen LogP contribution in [0.1, 0.15) is 47.1 Å². The molecule has 0 saturated heterocycles. The van der Waals surface area contributed by atoms with Gasteiger partial charge >= 0.3 is 5.97 Å². The molecule has 0 unspecified atom stereocenters. The van der Waals surface area contributed by atoms with Crippen molar-refractivity contribution in [3.63, 3.8) is 0 Å². The standard InChI is InChI=1S/C26H23N3O3/c1-17(2)24-28-22-10-6-5-9-21(22)25(30)29(24)27-16-20-8-4-7-11-23(20)32-26(31)19-14-12-18(3)13-15-19/h4-17H,1-3H3. The first-order chi connectivity index (χ1) is 15.4. The van der Waals surface area contributed by atoms with Gasteiger partial charge in [0.05, 0.1) is 22.7 Å². The second-order valence-corrected chi connectivity index (χ2v) is 7.80. The highest BCUT2D eigenvalue weighted by atomic mass is 16.5. The smallest absolute Gasteiger partial charge is 0.343 e. The fourth-order valence-electron chi connectivity index (χ4n) is 3.27. The molecule has 6 heteroatoms. The van der Waals surface area contributed by atoms with Crippen LogP contribution in [0.5, 0.6) is 5.75 Å². The third-order valence-electron chi connectivity index (χ3n) is 5.02. The zero-order chi connectivity index (χ0) is 22.7. The van der Waals surface area contributed by atoms with Gasteiger partial charge in [0.15, 0.2) is 0 Å². The summed E-state index contributed by atoms with van der Waals surface area (Å²) in [6.45, 7) is 5.87. The van der Waals surface area contributed by atoms with Crippen molar-refractivity contribution < 1.29 is 9.53 Å². The SMILES string of the molecule is Cc1ccc(C(=O)Oc2ccccc2C=Nn2c(C(C)C)nc3ccccc3c2=O)cc1. The lowest BCUT2D eigenvalue weighted by molar-refractivity contribution is 0.0734. The van der Waals surface area contributed by atoms with E-state index in [2.05, 4.69) is 10.1 Å². The molecular weight excluding hydrogens is 402 g/mol. The number of nitrogens with zero attached hydrogens (tertiary/aromatic N) is 3. The summed E-state index contributed by atoms with van der Waals surface area (Å²) in [4.78, 5) is 30.3. The van der Waals surface area contributed by atoms with Crippen LogP contribution in [0.15, 0.2) is 82.7 Å². The summed E-state index contributed by atoms with van der Waals surface area (Å²) in [7, 11) is 0. The van der Waals surface area contributed by atoms with Crippen molar-refractivity contribution in [2.45, 2.75) is 26.7 Å². The third kappa shape index (κ3) is 4.34. The van der Waals surface area contributed by atoms with Crippen LogP contribution < -0.4 is 10.3 Å². The number of benzene rings is 3. The molecule has 160 valence electrons. The molecule has 4 aromatic rings. The normalized spacial score (nSPS) is 11.4. The van der Waals surface area contributed by atoms with Gasteiger partial charge in [0.25, 0.3) is 5.56 Å². The van der Waals surface area contributed by atoms with E-state index in [0.29, 0.717) is 33.6 Å². The zero-order valence-corrected chi connectivity index (χ0v) is 18.1. The molecule has 0 N–H and O–H groups in total. The van der Waals surface area contributed by atoms with E-state index >= 15 is 0 Å². The molecule has 1 heterocycles. The molecule has 0 saturated carbocycles. The Morgan fingerprint density at radius 2 is 1.69 bits per heavy atom. The highest BCUT2D eigenvalue weighted by Crippen LogP contribution is 2.19. The van der Waals surface area contributed by atoms with Gasteiger partial charge in [-0.3, -0.25) is 4.79 Å². The lowest BCUT2D eigenvalue weighted by atomic mass is 10.1. The number of fused-ring (bicyclic) bond motifs is 1. The molecule has 0 bridgehead atoms. The Hall–Kier alpha value is -4.06. The van der Waals surface area contributed by atoms with Gasteiger partial charge in [0.2, 0.25) is 0 Å². The second kappa shape index (κ2) is 8.98.